The van der Waals surface area contributed by atoms with Crippen LogP contribution < -0.4 is 10.5 Å². The summed E-state index contributed by atoms with van der Waals surface area (Å²) < 4.78 is 27.8. The molecule has 0 radical (unpaired) electrons. The summed E-state index contributed by atoms with van der Waals surface area (Å²) in [6.07, 6.45) is -0.671. The molecule has 7 heteroatoms. The highest BCUT2D eigenvalue weighted by Gasteiger charge is 2.11. The van der Waals surface area contributed by atoms with Gasteiger partial charge in [-0.3, -0.25) is 5.32 Å². The highest BCUT2D eigenvalue weighted by atomic mass is 32.2. The number of sulfonamides is 1. The van der Waals surface area contributed by atoms with Gasteiger partial charge in [-0.05, 0) is 36.2 Å². The van der Waals surface area contributed by atoms with Crippen molar-refractivity contribution in [1.82, 2.24) is 0 Å². The van der Waals surface area contributed by atoms with Crippen LogP contribution in [0.2, 0.25) is 0 Å². The van der Waals surface area contributed by atoms with Crippen LogP contribution in [0, 0.1) is 6.92 Å². The molecule has 0 aromatic heterocycles. The van der Waals surface area contributed by atoms with E-state index in [2.05, 4.69) is 5.32 Å². The molecule has 0 fully saturated rings. The number of carbonyl (C=O) groups is 1. The average molecular weight is 320 g/mol. The van der Waals surface area contributed by atoms with Gasteiger partial charge in [-0.2, -0.15) is 0 Å². The van der Waals surface area contributed by atoms with Crippen LogP contribution in [0.5, 0.6) is 0 Å². The minimum Gasteiger partial charge on any atom is -0.444 e. The number of ether oxygens (including phenoxy) is 1. The van der Waals surface area contributed by atoms with E-state index in [4.69, 9.17) is 9.88 Å². The Labute approximate surface area is 129 Å². The maximum atomic E-state index is 11.7. The molecule has 0 atom stereocenters. The van der Waals surface area contributed by atoms with Crippen molar-refractivity contribution in [3.05, 3.63) is 59.7 Å². The maximum absolute atomic E-state index is 11.7. The Kier molecular flexibility index (Phi) is 4.79. The third-order valence-corrected chi connectivity index (χ3v) is 3.73. The Morgan fingerprint density at radius 3 is 2.50 bits per heavy atom. The minimum absolute atomic E-state index is 0.0640. The Bertz CT molecular complexity index is 773. The number of primary sulfonamides is 1. The Hall–Kier alpha value is -2.38. The van der Waals surface area contributed by atoms with Crippen molar-refractivity contribution in [2.75, 3.05) is 5.32 Å². The summed E-state index contributed by atoms with van der Waals surface area (Å²) in [7, 11) is -3.83. The van der Waals surface area contributed by atoms with Crippen molar-refractivity contribution in [1.29, 1.82) is 0 Å². The second kappa shape index (κ2) is 6.59. The van der Waals surface area contributed by atoms with Gasteiger partial charge in [-0.15, -0.1) is 0 Å². The molecule has 3 N–H and O–H groups in total. The number of nitrogens with one attached hydrogen (secondary N) is 1. The van der Waals surface area contributed by atoms with E-state index < -0.39 is 16.1 Å². The number of carbonyl (C=O) groups excluding carboxylic acids is 1. The molecular formula is C15H16N2O4S. The Balaban J connectivity index is 2.04. The largest absolute Gasteiger partial charge is 0.444 e. The normalized spacial score (nSPS) is 11.0. The summed E-state index contributed by atoms with van der Waals surface area (Å²) in [5.74, 6) is 0. The SMILES string of the molecule is Cc1cc(NC(=O)OCc2ccccc2)cc(S(N)(=O)=O)c1. The van der Waals surface area contributed by atoms with Crippen LogP contribution in [0.25, 0.3) is 0 Å². The molecule has 2 aromatic rings. The summed E-state index contributed by atoms with van der Waals surface area (Å²) in [6.45, 7) is 1.83. The Morgan fingerprint density at radius 1 is 1.18 bits per heavy atom. The van der Waals surface area contributed by atoms with Crippen LogP contribution >= 0.6 is 0 Å². The van der Waals surface area contributed by atoms with Gasteiger partial charge in [-0.1, -0.05) is 30.3 Å². The van der Waals surface area contributed by atoms with Crippen molar-refractivity contribution in [2.45, 2.75) is 18.4 Å². The molecular weight excluding hydrogens is 304 g/mol. The highest BCUT2D eigenvalue weighted by Crippen LogP contribution is 2.18. The van der Waals surface area contributed by atoms with Gasteiger partial charge in [-0.25, -0.2) is 18.4 Å². The molecule has 0 aliphatic carbocycles. The molecule has 0 aliphatic rings. The van der Waals surface area contributed by atoms with Gasteiger partial charge in [0.05, 0.1) is 4.90 Å². The fraction of sp³-hybridized carbons (Fsp3) is 0.133. The number of rotatable bonds is 4. The molecule has 116 valence electrons. The van der Waals surface area contributed by atoms with Gasteiger partial charge in [0.25, 0.3) is 0 Å². The first-order valence-corrected chi connectivity index (χ1v) is 8.01. The first-order valence-electron chi connectivity index (χ1n) is 6.47. The molecule has 0 heterocycles. The molecule has 6 nitrogen and oxygen atoms in total. The van der Waals surface area contributed by atoms with Gasteiger partial charge >= 0.3 is 6.09 Å². The molecule has 0 saturated carbocycles. The smallest absolute Gasteiger partial charge is 0.411 e. The molecule has 0 bridgehead atoms. The lowest BCUT2D eigenvalue weighted by molar-refractivity contribution is 0.155. The summed E-state index contributed by atoms with van der Waals surface area (Å²) in [4.78, 5) is 11.7. The fourth-order valence-corrected chi connectivity index (χ4v) is 2.50. The van der Waals surface area contributed by atoms with Gasteiger partial charge in [0.1, 0.15) is 6.61 Å². The molecule has 0 aliphatic heterocycles. The number of hydrogen-bond acceptors (Lipinski definition) is 4. The minimum atomic E-state index is -3.83. The maximum Gasteiger partial charge on any atom is 0.411 e. The van der Waals surface area contributed by atoms with E-state index in [1.54, 1.807) is 13.0 Å². The quantitative estimate of drug-likeness (QED) is 0.903. The van der Waals surface area contributed by atoms with Crippen LogP contribution in [-0.2, 0) is 21.4 Å². The number of amides is 1. The number of anilines is 1. The van der Waals surface area contributed by atoms with Crippen LogP contribution in [-0.4, -0.2) is 14.5 Å². The molecule has 1 amide bonds. The summed E-state index contributed by atoms with van der Waals surface area (Å²) in [5.41, 5.74) is 1.82. The van der Waals surface area contributed by atoms with Crippen molar-refractivity contribution >= 4 is 21.8 Å². The number of aryl methyl sites for hydroxylation is 1. The molecule has 0 spiro atoms. The lowest BCUT2D eigenvalue weighted by atomic mass is 10.2. The molecule has 2 rings (SSSR count). The van der Waals surface area contributed by atoms with Crippen LogP contribution in [0.4, 0.5) is 10.5 Å². The summed E-state index contributed by atoms with van der Waals surface area (Å²) >= 11 is 0. The number of benzene rings is 2. The van der Waals surface area contributed by atoms with E-state index in [-0.39, 0.29) is 11.5 Å². The molecule has 22 heavy (non-hydrogen) atoms. The topological polar surface area (TPSA) is 98.5 Å². The van der Waals surface area contributed by atoms with Gasteiger partial charge in [0.2, 0.25) is 10.0 Å². The van der Waals surface area contributed by atoms with Crippen molar-refractivity contribution in [3.63, 3.8) is 0 Å². The molecule has 2 aromatic carbocycles. The third-order valence-electron chi connectivity index (χ3n) is 2.84. The van der Waals surface area contributed by atoms with Gasteiger partial charge in [0.15, 0.2) is 0 Å². The van der Waals surface area contributed by atoms with E-state index in [0.29, 0.717) is 11.3 Å². The van der Waals surface area contributed by atoms with Crippen LogP contribution in [0.1, 0.15) is 11.1 Å². The molecule has 0 saturated heterocycles. The summed E-state index contributed by atoms with van der Waals surface area (Å²) in [6, 6.07) is 13.6. The van der Waals surface area contributed by atoms with Crippen molar-refractivity contribution in [2.24, 2.45) is 5.14 Å². The summed E-state index contributed by atoms with van der Waals surface area (Å²) in [5, 5.41) is 7.57. The van der Waals surface area contributed by atoms with Crippen molar-refractivity contribution < 1.29 is 17.9 Å². The average Bonchev–Trinajstić information content (AvgIpc) is 2.45. The standard InChI is InChI=1S/C15H16N2O4S/c1-11-7-13(9-14(8-11)22(16,19)20)17-15(18)21-10-12-5-3-2-4-6-12/h2-9H,10H2,1H3,(H,17,18)(H2,16,19,20). The first-order chi connectivity index (χ1) is 10.3. The number of nitrogens with two attached hydrogens (primary N) is 1. The van der Waals surface area contributed by atoms with E-state index in [1.807, 2.05) is 30.3 Å². The lowest BCUT2D eigenvalue weighted by Gasteiger charge is -2.09. The lowest BCUT2D eigenvalue weighted by Crippen LogP contribution is -2.16. The predicted molar refractivity (Wildman–Crippen MR) is 82.8 cm³/mol. The monoisotopic (exact) mass is 320 g/mol. The first kappa shape index (κ1) is 16.0. The zero-order chi connectivity index (χ0) is 16.2. The Morgan fingerprint density at radius 2 is 1.86 bits per heavy atom. The second-order valence-electron chi connectivity index (χ2n) is 4.77. The second-order valence-corrected chi connectivity index (χ2v) is 6.33. The van der Waals surface area contributed by atoms with Crippen LogP contribution in [0.3, 0.4) is 0 Å². The van der Waals surface area contributed by atoms with Crippen molar-refractivity contribution in [3.8, 4) is 0 Å². The fourth-order valence-electron chi connectivity index (χ4n) is 1.86. The van der Waals surface area contributed by atoms with E-state index >= 15 is 0 Å². The zero-order valence-corrected chi connectivity index (χ0v) is 12.8. The van der Waals surface area contributed by atoms with E-state index in [1.165, 1.54) is 12.1 Å². The molecule has 0 unspecified atom stereocenters. The van der Waals surface area contributed by atoms with Gasteiger partial charge < -0.3 is 4.74 Å². The highest BCUT2D eigenvalue weighted by molar-refractivity contribution is 7.89. The predicted octanol–water partition coefficient (Wildman–Crippen LogP) is 2.39. The van der Waals surface area contributed by atoms with Crippen LogP contribution in [0.15, 0.2) is 53.4 Å². The zero-order valence-electron chi connectivity index (χ0n) is 11.9. The van der Waals surface area contributed by atoms with Gasteiger partial charge in [0, 0.05) is 5.69 Å². The third kappa shape index (κ3) is 4.57. The number of hydrogen-bond donors (Lipinski definition) is 2. The van der Waals surface area contributed by atoms with E-state index in [9.17, 15) is 13.2 Å². The van der Waals surface area contributed by atoms with E-state index in [0.717, 1.165) is 5.56 Å².